The Bertz CT molecular complexity index is 770. The predicted molar refractivity (Wildman–Crippen MR) is 89.4 cm³/mol. The molecule has 1 unspecified atom stereocenters. The Kier molecular flexibility index (Phi) is 4.34. The van der Waals surface area contributed by atoms with Gasteiger partial charge in [0.2, 0.25) is 5.95 Å². The molecule has 0 bridgehead atoms. The molecular formula is C17H21F3N6. The molecule has 2 fully saturated rings. The van der Waals surface area contributed by atoms with Crippen molar-refractivity contribution in [2.24, 2.45) is 7.05 Å². The maximum Gasteiger partial charge on any atom is 0.433 e. The van der Waals surface area contributed by atoms with E-state index in [1.165, 1.54) is 6.20 Å². The average molecular weight is 366 g/mol. The van der Waals surface area contributed by atoms with Crippen LogP contribution in [0.4, 0.5) is 19.1 Å². The zero-order valence-electron chi connectivity index (χ0n) is 14.5. The maximum atomic E-state index is 13.0. The Labute approximate surface area is 149 Å². The van der Waals surface area contributed by atoms with Crippen molar-refractivity contribution in [3.8, 4) is 0 Å². The van der Waals surface area contributed by atoms with Crippen LogP contribution in [0.15, 0.2) is 24.5 Å². The van der Waals surface area contributed by atoms with Crippen LogP contribution < -0.4 is 4.90 Å². The number of hydrogen-bond donors (Lipinski definition) is 0. The summed E-state index contributed by atoms with van der Waals surface area (Å²) in [6.45, 7) is 2.48. The highest BCUT2D eigenvalue weighted by atomic mass is 19.4. The summed E-state index contributed by atoms with van der Waals surface area (Å²) >= 11 is 0. The largest absolute Gasteiger partial charge is 0.433 e. The number of nitrogens with zero attached hydrogens (tertiary/aromatic N) is 6. The normalized spacial score (nSPS) is 21.3. The molecule has 26 heavy (non-hydrogen) atoms. The van der Waals surface area contributed by atoms with E-state index in [1.54, 1.807) is 6.20 Å². The van der Waals surface area contributed by atoms with E-state index >= 15 is 0 Å². The number of anilines is 1. The fourth-order valence-electron chi connectivity index (χ4n) is 3.58. The lowest BCUT2D eigenvalue weighted by atomic mass is 10.2. The summed E-state index contributed by atoms with van der Waals surface area (Å²) < 4.78 is 40.9. The van der Waals surface area contributed by atoms with Gasteiger partial charge in [-0.2, -0.15) is 18.3 Å². The minimum Gasteiger partial charge on any atom is -0.334 e. The molecule has 6 nitrogen and oxygen atoms in total. The van der Waals surface area contributed by atoms with Gasteiger partial charge in [-0.3, -0.25) is 9.58 Å². The SMILES string of the molecule is Cn1nccc1CN1CCC(N(c2nccc(C(F)(F)F)n2)C2CC2)C1. The molecule has 3 heterocycles. The van der Waals surface area contributed by atoms with E-state index in [1.807, 2.05) is 22.7 Å². The first-order valence-electron chi connectivity index (χ1n) is 8.79. The Hall–Kier alpha value is -2.16. The second kappa shape index (κ2) is 6.53. The van der Waals surface area contributed by atoms with Crippen molar-refractivity contribution in [1.29, 1.82) is 0 Å². The van der Waals surface area contributed by atoms with Crippen LogP contribution in [0.5, 0.6) is 0 Å². The molecule has 0 N–H and O–H groups in total. The zero-order chi connectivity index (χ0) is 18.3. The van der Waals surface area contributed by atoms with Crippen LogP contribution in [0.3, 0.4) is 0 Å². The summed E-state index contributed by atoms with van der Waals surface area (Å²) in [5, 5.41) is 4.18. The van der Waals surface area contributed by atoms with Gasteiger partial charge in [0.25, 0.3) is 0 Å². The Morgan fingerprint density at radius 3 is 2.62 bits per heavy atom. The summed E-state index contributed by atoms with van der Waals surface area (Å²) in [6, 6.07) is 3.30. The summed E-state index contributed by atoms with van der Waals surface area (Å²) in [5.74, 6) is 0.203. The number of halogens is 3. The number of hydrogen-bond acceptors (Lipinski definition) is 5. The zero-order valence-corrected chi connectivity index (χ0v) is 14.5. The number of rotatable bonds is 5. The third-order valence-electron chi connectivity index (χ3n) is 5.05. The van der Waals surface area contributed by atoms with Crippen molar-refractivity contribution in [1.82, 2.24) is 24.6 Å². The monoisotopic (exact) mass is 366 g/mol. The third-order valence-corrected chi connectivity index (χ3v) is 5.05. The van der Waals surface area contributed by atoms with E-state index in [4.69, 9.17) is 0 Å². The molecule has 0 spiro atoms. The minimum absolute atomic E-state index is 0.138. The van der Waals surface area contributed by atoms with Crippen molar-refractivity contribution in [2.75, 3.05) is 18.0 Å². The van der Waals surface area contributed by atoms with E-state index in [0.717, 1.165) is 50.7 Å². The molecule has 4 rings (SSSR count). The van der Waals surface area contributed by atoms with Crippen molar-refractivity contribution in [3.63, 3.8) is 0 Å². The van der Waals surface area contributed by atoms with Gasteiger partial charge in [0.05, 0.1) is 5.69 Å². The molecule has 1 saturated heterocycles. The molecule has 0 radical (unpaired) electrons. The minimum atomic E-state index is -4.45. The molecule has 2 aromatic rings. The van der Waals surface area contributed by atoms with Crippen LogP contribution in [0.1, 0.15) is 30.7 Å². The first-order chi connectivity index (χ1) is 12.4. The number of aryl methyl sites for hydroxylation is 1. The van der Waals surface area contributed by atoms with Crippen LogP contribution in [-0.2, 0) is 19.8 Å². The van der Waals surface area contributed by atoms with Gasteiger partial charge < -0.3 is 4.90 Å². The Morgan fingerprint density at radius 2 is 1.96 bits per heavy atom. The van der Waals surface area contributed by atoms with Crippen LogP contribution in [-0.4, -0.2) is 49.8 Å². The van der Waals surface area contributed by atoms with Crippen LogP contribution in [0.25, 0.3) is 0 Å². The van der Waals surface area contributed by atoms with Gasteiger partial charge in [0, 0.05) is 51.2 Å². The molecular weight excluding hydrogens is 345 g/mol. The molecule has 1 atom stereocenters. The summed E-state index contributed by atoms with van der Waals surface area (Å²) in [5.41, 5.74) is 0.247. The van der Waals surface area contributed by atoms with E-state index in [-0.39, 0.29) is 18.0 Å². The van der Waals surface area contributed by atoms with Gasteiger partial charge in [-0.1, -0.05) is 0 Å². The Balaban J connectivity index is 1.50. The predicted octanol–water partition coefficient (Wildman–Crippen LogP) is 2.47. The lowest BCUT2D eigenvalue weighted by Gasteiger charge is -2.29. The highest BCUT2D eigenvalue weighted by molar-refractivity contribution is 5.37. The summed E-state index contributed by atoms with van der Waals surface area (Å²) in [7, 11) is 1.91. The molecule has 0 aromatic carbocycles. The molecule has 1 aliphatic heterocycles. The lowest BCUT2D eigenvalue weighted by molar-refractivity contribution is -0.141. The van der Waals surface area contributed by atoms with E-state index in [2.05, 4.69) is 20.0 Å². The van der Waals surface area contributed by atoms with Crippen LogP contribution >= 0.6 is 0 Å². The molecule has 9 heteroatoms. The average Bonchev–Trinajstić information content (AvgIpc) is 3.18. The second-order valence-corrected chi connectivity index (χ2v) is 7.00. The Morgan fingerprint density at radius 1 is 1.15 bits per heavy atom. The fraction of sp³-hybridized carbons (Fsp3) is 0.588. The third kappa shape index (κ3) is 3.53. The van der Waals surface area contributed by atoms with Crippen molar-refractivity contribution < 1.29 is 13.2 Å². The molecule has 1 saturated carbocycles. The van der Waals surface area contributed by atoms with Crippen molar-refractivity contribution >= 4 is 5.95 Å². The smallest absolute Gasteiger partial charge is 0.334 e. The summed E-state index contributed by atoms with van der Waals surface area (Å²) in [4.78, 5) is 12.3. The highest BCUT2D eigenvalue weighted by Gasteiger charge is 2.40. The molecule has 2 aliphatic rings. The van der Waals surface area contributed by atoms with Crippen LogP contribution in [0, 0.1) is 0 Å². The topological polar surface area (TPSA) is 50.1 Å². The van der Waals surface area contributed by atoms with Gasteiger partial charge in [-0.15, -0.1) is 0 Å². The van der Waals surface area contributed by atoms with Gasteiger partial charge in [0.1, 0.15) is 5.69 Å². The second-order valence-electron chi connectivity index (χ2n) is 7.00. The molecule has 140 valence electrons. The van der Waals surface area contributed by atoms with Crippen molar-refractivity contribution in [3.05, 3.63) is 35.9 Å². The van der Waals surface area contributed by atoms with Gasteiger partial charge in [0.15, 0.2) is 0 Å². The molecule has 2 aromatic heterocycles. The maximum absolute atomic E-state index is 13.0. The summed E-state index contributed by atoms with van der Waals surface area (Å²) in [6.07, 6.45) is 1.40. The quantitative estimate of drug-likeness (QED) is 0.814. The number of aromatic nitrogens is 4. The van der Waals surface area contributed by atoms with Gasteiger partial charge in [-0.25, -0.2) is 9.97 Å². The highest BCUT2D eigenvalue weighted by Crippen LogP contribution is 2.36. The van der Waals surface area contributed by atoms with Crippen LogP contribution in [0.2, 0.25) is 0 Å². The number of alkyl halides is 3. The fourth-order valence-corrected chi connectivity index (χ4v) is 3.58. The lowest BCUT2D eigenvalue weighted by Crippen LogP contribution is -2.40. The standard InChI is InChI=1S/C17H21F3N6/c1-24-13(4-8-22-24)10-25-9-6-14(11-25)26(12-2-3-12)16-21-7-5-15(23-16)17(18,19)20/h4-5,7-8,12,14H,2-3,6,9-11H2,1H3. The molecule has 0 amide bonds. The van der Waals surface area contributed by atoms with E-state index < -0.39 is 11.9 Å². The van der Waals surface area contributed by atoms with E-state index in [0.29, 0.717) is 0 Å². The first-order valence-corrected chi connectivity index (χ1v) is 8.79. The molecule has 1 aliphatic carbocycles. The van der Waals surface area contributed by atoms with Crippen molar-refractivity contribution in [2.45, 2.75) is 44.1 Å². The number of likely N-dealkylation sites (tertiary alicyclic amines) is 1. The van der Waals surface area contributed by atoms with Gasteiger partial charge in [-0.05, 0) is 31.4 Å². The van der Waals surface area contributed by atoms with E-state index in [9.17, 15) is 13.2 Å². The first kappa shape index (κ1) is 17.3. The van der Waals surface area contributed by atoms with Gasteiger partial charge >= 0.3 is 6.18 Å².